The fraction of sp³-hybridized carbons (Fsp3) is 0.455. The second kappa shape index (κ2) is 6.48. The van der Waals surface area contributed by atoms with E-state index >= 15 is 0 Å². The quantitative estimate of drug-likeness (QED) is 0.843. The fourth-order valence-electron chi connectivity index (χ4n) is 1.41. The first-order valence-corrected chi connectivity index (χ1v) is 6.01. The van der Waals surface area contributed by atoms with Gasteiger partial charge in [0.2, 0.25) is 0 Å². The number of nitrogens with two attached hydrogens (primary N) is 1. The smallest absolute Gasteiger partial charge is 0.0464 e. The van der Waals surface area contributed by atoms with Gasteiger partial charge in [-0.2, -0.15) is 0 Å². The normalized spacial score (nSPS) is 12.8. The summed E-state index contributed by atoms with van der Waals surface area (Å²) >= 11 is 9.46. The Morgan fingerprint density at radius 1 is 1.53 bits per heavy atom. The molecule has 0 saturated heterocycles. The summed E-state index contributed by atoms with van der Waals surface area (Å²) in [5.41, 5.74) is 7.03. The number of ether oxygens (including phenoxy) is 1. The Morgan fingerprint density at radius 2 is 2.27 bits per heavy atom. The lowest BCUT2D eigenvalue weighted by atomic mass is 10.0. The van der Waals surface area contributed by atoms with E-state index in [9.17, 15) is 0 Å². The van der Waals surface area contributed by atoms with Gasteiger partial charge in [0.25, 0.3) is 0 Å². The van der Waals surface area contributed by atoms with E-state index in [0.29, 0.717) is 5.02 Å². The van der Waals surface area contributed by atoms with Crippen molar-refractivity contribution >= 4 is 27.5 Å². The minimum Gasteiger partial charge on any atom is -0.385 e. The number of methoxy groups -OCH3 is 1. The molecule has 4 heteroatoms. The summed E-state index contributed by atoms with van der Waals surface area (Å²) in [6.07, 6.45) is 1.83. The maximum absolute atomic E-state index is 6.10. The average molecular weight is 293 g/mol. The maximum atomic E-state index is 6.10. The van der Waals surface area contributed by atoms with Crippen molar-refractivity contribution in [2.75, 3.05) is 13.7 Å². The molecular weight excluding hydrogens is 277 g/mol. The van der Waals surface area contributed by atoms with Crippen LogP contribution in [0.2, 0.25) is 5.02 Å². The van der Waals surface area contributed by atoms with E-state index in [1.807, 2.05) is 18.2 Å². The third-order valence-electron chi connectivity index (χ3n) is 2.23. The van der Waals surface area contributed by atoms with E-state index in [4.69, 9.17) is 22.1 Å². The third kappa shape index (κ3) is 4.11. The monoisotopic (exact) mass is 291 g/mol. The van der Waals surface area contributed by atoms with E-state index in [2.05, 4.69) is 15.9 Å². The van der Waals surface area contributed by atoms with Crippen molar-refractivity contribution in [2.24, 2.45) is 5.73 Å². The van der Waals surface area contributed by atoms with Gasteiger partial charge >= 0.3 is 0 Å². The first kappa shape index (κ1) is 13.0. The molecule has 1 aromatic rings. The highest BCUT2D eigenvalue weighted by atomic mass is 79.9. The van der Waals surface area contributed by atoms with Crippen LogP contribution in [0, 0.1) is 0 Å². The summed E-state index contributed by atoms with van der Waals surface area (Å²) in [7, 11) is 1.69. The molecule has 0 amide bonds. The van der Waals surface area contributed by atoms with Gasteiger partial charge in [-0.15, -0.1) is 0 Å². The Labute approximate surface area is 104 Å². The molecule has 0 aromatic heterocycles. The lowest BCUT2D eigenvalue weighted by molar-refractivity contribution is 0.190. The van der Waals surface area contributed by atoms with Gasteiger partial charge in [-0.25, -0.2) is 0 Å². The van der Waals surface area contributed by atoms with Crippen molar-refractivity contribution in [3.8, 4) is 0 Å². The van der Waals surface area contributed by atoms with Crippen LogP contribution in [0.5, 0.6) is 0 Å². The van der Waals surface area contributed by atoms with Crippen LogP contribution in [0.25, 0.3) is 0 Å². The molecule has 84 valence electrons. The molecule has 0 heterocycles. The second-order valence-corrected chi connectivity index (χ2v) is 4.73. The molecule has 0 aliphatic heterocycles. The van der Waals surface area contributed by atoms with Crippen molar-refractivity contribution < 1.29 is 4.74 Å². The van der Waals surface area contributed by atoms with E-state index in [1.54, 1.807) is 7.11 Å². The van der Waals surface area contributed by atoms with E-state index < -0.39 is 0 Å². The summed E-state index contributed by atoms with van der Waals surface area (Å²) in [5, 5.41) is 0.717. The van der Waals surface area contributed by atoms with Crippen LogP contribution in [0.4, 0.5) is 0 Å². The van der Waals surface area contributed by atoms with Gasteiger partial charge in [0, 0.05) is 29.3 Å². The summed E-state index contributed by atoms with van der Waals surface area (Å²) in [5.74, 6) is 0. The molecule has 2 nitrogen and oxygen atoms in total. The summed E-state index contributed by atoms with van der Waals surface area (Å²) in [6, 6.07) is 5.77. The molecule has 0 spiro atoms. The molecule has 15 heavy (non-hydrogen) atoms. The van der Waals surface area contributed by atoms with Gasteiger partial charge in [0.05, 0.1) is 0 Å². The third-order valence-corrected chi connectivity index (χ3v) is 3.05. The molecule has 0 fully saturated rings. The van der Waals surface area contributed by atoms with Crippen molar-refractivity contribution in [3.05, 3.63) is 33.3 Å². The molecule has 2 N–H and O–H groups in total. The van der Waals surface area contributed by atoms with Crippen molar-refractivity contribution in [1.82, 2.24) is 0 Å². The van der Waals surface area contributed by atoms with Gasteiger partial charge in [-0.05, 0) is 30.5 Å². The Morgan fingerprint density at radius 3 is 2.87 bits per heavy atom. The van der Waals surface area contributed by atoms with Crippen LogP contribution < -0.4 is 5.73 Å². The highest BCUT2D eigenvalue weighted by molar-refractivity contribution is 9.10. The van der Waals surface area contributed by atoms with Crippen LogP contribution in [-0.4, -0.2) is 13.7 Å². The summed E-state index contributed by atoms with van der Waals surface area (Å²) < 4.78 is 5.95. The molecule has 1 aromatic carbocycles. The number of halogens is 2. The van der Waals surface area contributed by atoms with Gasteiger partial charge in [-0.3, -0.25) is 0 Å². The molecule has 0 bridgehead atoms. The van der Waals surface area contributed by atoms with E-state index in [0.717, 1.165) is 29.5 Å². The van der Waals surface area contributed by atoms with Crippen LogP contribution in [0.3, 0.4) is 0 Å². The Kier molecular flexibility index (Phi) is 5.61. The lowest BCUT2D eigenvalue weighted by Gasteiger charge is -2.13. The predicted octanol–water partition coefficient (Wildman–Crippen LogP) is 3.53. The highest BCUT2D eigenvalue weighted by Gasteiger charge is 2.09. The molecule has 0 saturated carbocycles. The van der Waals surface area contributed by atoms with Gasteiger partial charge in [0.1, 0.15) is 0 Å². The number of benzene rings is 1. The minimum atomic E-state index is -0.0132. The predicted molar refractivity (Wildman–Crippen MR) is 67.2 cm³/mol. The Hall–Kier alpha value is -0.0900. The maximum Gasteiger partial charge on any atom is 0.0464 e. The van der Waals surface area contributed by atoms with Crippen molar-refractivity contribution in [3.63, 3.8) is 0 Å². The second-order valence-electron chi connectivity index (χ2n) is 3.41. The highest BCUT2D eigenvalue weighted by Crippen LogP contribution is 2.27. The van der Waals surface area contributed by atoms with Crippen LogP contribution in [0.15, 0.2) is 22.7 Å². The van der Waals surface area contributed by atoms with Crippen LogP contribution >= 0.6 is 27.5 Å². The largest absolute Gasteiger partial charge is 0.385 e. The van der Waals surface area contributed by atoms with E-state index in [-0.39, 0.29) is 6.04 Å². The van der Waals surface area contributed by atoms with Crippen LogP contribution in [-0.2, 0) is 4.74 Å². The first-order valence-electron chi connectivity index (χ1n) is 4.84. The standard InChI is InChI=1S/C11H15BrClNO/c1-15-6-2-3-11(14)9-5-4-8(12)7-10(9)13/h4-5,7,11H,2-3,6,14H2,1H3. The topological polar surface area (TPSA) is 35.2 Å². The number of hydrogen-bond acceptors (Lipinski definition) is 2. The van der Waals surface area contributed by atoms with E-state index in [1.165, 1.54) is 0 Å². The van der Waals surface area contributed by atoms with Crippen LogP contribution in [0.1, 0.15) is 24.4 Å². The average Bonchev–Trinajstić information content (AvgIpc) is 2.17. The molecule has 1 unspecified atom stereocenters. The summed E-state index contributed by atoms with van der Waals surface area (Å²) in [4.78, 5) is 0. The molecule has 1 atom stereocenters. The summed E-state index contributed by atoms with van der Waals surface area (Å²) in [6.45, 7) is 0.738. The van der Waals surface area contributed by atoms with Gasteiger partial charge < -0.3 is 10.5 Å². The molecule has 0 radical (unpaired) electrons. The molecular formula is C11H15BrClNO. The van der Waals surface area contributed by atoms with Gasteiger partial charge in [-0.1, -0.05) is 33.6 Å². The SMILES string of the molecule is COCCCC(N)c1ccc(Br)cc1Cl. The minimum absolute atomic E-state index is 0.0132. The van der Waals surface area contributed by atoms with Crippen molar-refractivity contribution in [2.45, 2.75) is 18.9 Å². The zero-order valence-corrected chi connectivity index (χ0v) is 11.0. The fourth-order valence-corrected chi connectivity index (χ4v) is 2.22. The lowest BCUT2D eigenvalue weighted by Crippen LogP contribution is -2.11. The zero-order chi connectivity index (χ0) is 11.3. The molecule has 1 rings (SSSR count). The molecule has 0 aliphatic carbocycles. The van der Waals surface area contributed by atoms with Gasteiger partial charge in [0.15, 0.2) is 0 Å². The van der Waals surface area contributed by atoms with Crippen molar-refractivity contribution in [1.29, 1.82) is 0 Å². The molecule has 0 aliphatic rings. The first-order chi connectivity index (χ1) is 7.15. The number of hydrogen-bond donors (Lipinski definition) is 1. The zero-order valence-electron chi connectivity index (χ0n) is 8.67. The number of rotatable bonds is 5. The Bertz CT molecular complexity index is 319. The Balaban J connectivity index is 2.61.